The first-order valence-corrected chi connectivity index (χ1v) is 30.0. The van der Waals surface area contributed by atoms with Gasteiger partial charge >= 0.3 is 0 Å². The van der Waals surface area contributed by atoms with Crippen molar-refractivity contribution in [3.05, 3.63) is 314 Å². The van der Waals surface area contributed by atoms with Gasteiger partial charge in [0.15, 0.2) is 0 Å². The van der Waals surface area contributed by atoms with Crippen LogP contribution in [0.4, 0.5) is 34.1 Å². The van der Waals surface area contributed by atoms with E-state index in [0.717, 1.165) is 121 Å². The molecule has 6 heteroatoms. The van der Waals surface area contributed by atoms with Crippen LogP contribution in [0.15, 0.2) is 307 Å². The minimum atomic E-state index is -2.45. The highest BCUT2D eigenvalue weighted by molar-refractivity contribution is 8.00. The maximum absolute atomic E-state index is 10.7. The van der Waals surface area contributed by atoms with E-state index >= 15 is 0 Å². The maximum atomic E-state index is 10.7. The molecule has 14 aromatic rings. The van der Waals surface area contributed by atoms with Crippen LogP contribution in [0, 0.1) is 25.0 Å². The Morgan fingerprint density at radius 1 is 0.379 bits per heavy atom. The van der Waals surface area contributed by atoms with Crippen LogP contribution in [-0.2, 0) is 0 Å². The van der Waals surface area contributed by atoms with Crippen molar-refractivity contribution in [1.29, 1.82) is 5.26 Å². The third-order valence-electron chi connectivity index (χ3n) is 17.3. The number of anilines is 6. The molecule has 0 aliphatic carbocycles. The molecule has 0 bridgehead atoms. The lowest BCUT2D eigenvalue weighted by atomic mass is 9.34. The fraction of sp³-hybridized carbons (Fsp3) is 0.0247. The van der Waals surface area contributed by atoms with Gasteiger partial charge < -0.3 is 14.4 Å². The number of hydrogen-bond donors (Lipinski definition) is 0. The molecule has 4 nitrogen and oxygen atoms in total. The number of nitriles is 1. The third kappa shape index (κ3) is 8.86. The second-order valence-electron chi connectivity index (χ2n) is 22.3. The minimum Gasteiger partial charge on any atom is -0.311 e. The van der Waals surface area contributed by atoms with E-state index in [1.807, 2.05) is 60.7 Å². The Labute approximate surface area is 520 Å². The zero-order valence-electron chi connectivity index (χ0n) is 53.1. The predicted octanol–water partition coefficient (Wildman–Crippen LogP) is 19.8. The fourth-order valence-corrected chi connectivity index (χ4v) is 14.6. The van der Waals surface area contributed by atoms with Crippen LogP contribution in [0.25, 0.3) is 83.1 Å². The van der Waals surface area contributed by atoms with Crippen LogP contribution in [0.1, 0.15) is 24.9 Å². The summed E-state index contributed by atoms with van der Waals surface area (Å²) in [4.78, 5) is 6.85. The highest BCUT2D eigenvalue weighted by Crippen LogP contribution is 2.50. The van der Waals surface area contributed by atoms with Gasteiger partial charge in [-0.15, -0.1) is 0 Å². The van der Waals surface area contributed by atoms with Crippen molar-refractivity contribution in [3.63, 3.8) is 0 Å². The minimum absolute atomic E-state index is 0.196. The third-order valence-corrected chi connectivity index (χ3v) is 18.4. The number of fused-ring (bicyclic) bond motifs is 7. The summed E-state index contributed by atoms with van der Waals surface area (Å²) in [6.45, 7) is -5.18. The van der Waals surface area contributed by atoms with E-state index < -0.39 is 13.7 Å². The number of hydrogen-bond acceptors (Lipinski definition) is 4. The second kappa shape index (κ2) is 21.3. The predicted molar refractivity (Wildman–Crippen MR) is 367 cm³/mol. The number of para-hydroxylation sites is 5. The van der Waals surface area contributed by atoms with Crippen LogP contribution >= 0.6 is 11.8 Å². The molecule has 0 amide bonds. The molecule has 0 spiro atoms. The summed E-state index contributed by atoms with van der Waals surface area (Å²) < 4.78 is 55.0. The van der Waals surface area contributed by atoms with E-state index in [4.69, 9.17) is 8.22 Å². The Morgan fingerprint density at radius 3 is 1.59 bits per heavy atom. The van der Waals surface area contributed by atoms with Crippen molar-refractivity contribution < 1.29 is 8.22 Å². The first-order chi connectivity index (χ1) is 45.4. The standard InChI is InChI=1S/C81H55BN4S/c1-53-22-12-14-30-65(53)60-45-58(46-61(47-60)66-31-15-13-23-54(66)2)59-49-78-81-80(50-59)87-79-51-64(84(62-26-8-4-9-27-62)63-28-10-5-11-29-63)40-42-72(79)82(81)71-41-39-57(48-77(71)86(78)73-35-19-16-32-67(73)56-24-6-3-7-25-56)70-44-55(52-83)38-43-76(70)85-74-36-20-17-33-68(74)69-34-18-21-37-75(69)85/h3-51H,1-2H3/i1D3,2D3. The van der Waals surface area contributed by atoms with Crippen LogP contribution in [0.5, 0.6) is 0 Å². The van der Waals surface area contributed by atoms with Crippen LogP contribution in [0.2, 0.25) is 0 Å². The molecule has 16 rings (SSSR count). The van der Waals surface area contributed by atoms with E-state index in [-0.39, 0.29) is 17.8 Å². The van der Waals surface area contributed by atoms with Gasteiger partial charge in [-0.25, -0.2) is 0 Å². The Balaban J connectivity index is 0.998. The molecule has 0 fully saturated rings. The number of benzene rings is 13. The van der Waals surface area contributed by atoms with Gasteiger partial charge in [0.25, 0.3) is 0 Å². The summed E-state index contributed by atoms with van der Waals surface area (Å²) >= 11 is 1.74. The molecule has 0 radical (unpaired) electrons. The number of nitrogens with zero attached hydrogens (tertiary/aromatic N) is 4. The molecule has 2 aliphatic rings. The summed E-state index contributed by atoms with van der Waals surface area (Å²) in [5.74, 6) is 0. The largest absolute Gasteiger partial charge is 0.311 e. The molecule has 0 N–H and O–H groups in total. The molecular formula is C81H55BN4S. The quantitative estimate of drug-likeness (QED) is 0.128. The number of aromatic nitrogens is 1. The Kier molecular flexibility index (Phi) is 11.2. The summed E-state index contributed by atoms with van der Waals surface area (Å²) in [5, 5.41) is 13.0. The van der Waals surface area contributed by atoms with Crippen molar-refractivity contribution in [3.8, 4) is 67.4 Å². The highest BCUT2D eigenvalue weighted by atomic mass is 32.2. The molecule has 1 aromatic heterocycles. The number of aryl methyl sites for hydroxylation is 2. The van der Waals surface area contributed by atoms with Crippen molar-refractivity contribution in [2.24, 2.45) is 0 Å². The lowest BCUT2D eigenvalue weighted by Crippen LogP contribution is -2.59. The SMILES string of the molecule is [2H]C([2H])([2H])c1ccccc1-c1cc(-c2cc3c4c(c2)N(c2ccccc2-c2ccccc2)c2cc(-c5cc(C#N)ccc5-n5c6ccccc6c6ccccc65)ccc2B4c2ccc(N(c4ccccc4)c4ccccc4)cc2S3)cc(-c2ccccc2C([2H])([2H])[2H])c1. The molecule has 2 aliphatic heterocycles. The topological polar surface area (TPSA) is 35.2 Å². The van der Waals surface area contributed by atoms with Gasteiger partial charge in [0.1, 0.15) is 0 Å². The summed E-state index contributed by atoms with van der Waals surface area (Å²) in [5.41, 5.74) is 21.1. The van der Waals surface area contributed by atoms with Gasteiger partial charge in [-0.3, -0.25) is 0 Å². The lowest BCUT2D eigenvalue weighted by Gasteiger charge is -2.41. The van der Waals surface area contributed by atoms with E-state index in [2.05, 4.69) is 233 Å². The summed E-state index contributed by atoms with van der Waals surface area (Å²) in [6.07, 6.45) is 0. The zero-order chi connectivity index (χ0) is 63.1. The molecule has 3 heterocycles. The van der Waals surface area contributed by atoms with Crippen molar-refractivity contribution in [1.82, 2.24) is 4.57 Å². The average molecular weight is 1130 g/mol. The van der Waals surface area contributed by atoms with Gasteiger partial charge in [0.2, 0.25) is 6.71 Å². The molecule has 13 aromatic carbocycles. The normalized spacial score (nSPS) is 13.5. The van der Waals surface area contributed by atoms with Gasteiger partial charge in [0, 0.05) is 68.4 Å². The van der Waals surface area contributed by atoms with Crippen molar-refractivity contribution in [2.45, 2.75) is 23.5 Å². The first-order valence-electron chi connectivity index (χ1n) is 32.2. The fourth-order valence-electron chi connectivity index (χ4n) is 13.4. The van der Waals surface area contributed by atoms with Crippen LogP contribution < -0.4 is 26.2 Å². The molecule has 0 saturated carbocycles. The van der Waals surface area contributed by atoms with E-state index in [1.165, 1.54) is 0 Å². The maximum Gasteiger partial charge on any atom is 0.249 e. The van der Waals surface area contributed by atoms with Crippen LogP contribution in [-0.4, -0.2) is 11.3 Å². The first kappa shape index (κ1) is 45.6. The van der Waals surface area contributed by atoms with Gasteiger partial charge in [0.05, 0.1) is 34.0 Å². The monoisotopic (exact) mass is 1130 g/mol. The van der Waals surface area contributed by atoms with Crippen LogP contribution in [0.3, 0.4) is 0 Å². The van der Waals surface area contributed by atoms with E-state index in [1.54, 1.807) is 36.0 Å². The van der Waals surface area contributed by atoms with Gasteiger partial charge in [-0.1, -0.05) is 205 Å². The molecule has 0 unspecified atom stereocenters. The summed E-state index contributed by atoms with van der Waals surface area (Å²) in [6, 6.07) is 104. The Bertz CT molecular complexity index is 5160. The second-order valence-corrected chi connectivity index (χ2v) is 23.4. The molecule has 408 valence electrons. The van der Waals surface area contributed by atoms with E-state index in [0.29, 0.717) is 27.8 Å². The Morgan fingerprint density at radius 2 is 0.931 bits per heavy atom. The molecule has 0 atom stereocenters. The average Bonchev–Trinajstić information content (AvgIpc) is 1.11. The van der Waals surface area contributed by atoms with Crippen molar-refractivity contribution >= 4 is 90.8 Å². The van der Waals surface area contributed by atoms with Gasteiger partial charge in [-0.05, 0) is 189 Å². The zero-order valence-corrected chi connectivity index (χ0v) is 47.9. The van der Waals surface area contributed by atoms with Gasteiger partial charge in [-0.2, -0.15) is 5.26 Å². The summed E-state index contributed by atoms with van der Waals surface area (Å²) in [7, 11) is 0. The molecule has 87 heavy (non-hydrogen) atoms. The Hall–Kier alpha value is -10.8. The number of rotatable bonds is 10. The smallest absolute Gasteiger partial charge is 0.249 e. The van der Waals surface area contributed by atoms with Crippen molar-refractivity contribution in [2.75, 3.05) is 9.80 Å². The highest BCUT2D eigenvalue weighted by Gasteiger charge is 2.42. The van der Waals surface area contributed by atoms with E-state index in [9.17, 15) is 5.26 Å². The molecular weight excluding hydrogens is 1070 g/mol. The lowest BCUT2D eigenvalue weighted by molar-refractivity contribution is 1.18. The molecule has 0 saturated heterocycles.